The lowest BCUT2D eigenvalue weighted by Crippen LogP contribution is -2.32. The third-order valence-electron chi connectivity index (χ3n) is 3.15. The van der Waals surface area contributed by atoms with Crippen LogP contribution < -0.4 is 5.73 Å². The lowest BCUT2D eigenvalue weighted by atomic mass is 10.2. The summed E-state index contributed by atoms with van der Waals surface area (Å²) in [5.74, 6) is -1.55. The van der Waals surface area contributed by atoms with Crippen molar-refractivity contribution in [3.8, 4) is 0 Å². The molecule has 110 valence electrons. The van der Waals surface area contributed by atoms with Gasteiger partial charge in [-0.15, -0.1) is 0 Å². The zero-order valence-corrected chi connectivity index (χ0v) is 13.2. The Kier molecular flexibility index (Phi) is 4.17. The molecule has 20 heavy (non-hydrogen) atoms. The largest absolute Gasteiger partial charge is 0.337 e. The van der Waals surface area contributed by atoms with Crippen LogP contribution in [0.4, 0.5) is 4.39 Å². The number of likely N-dealkylation sites (tertiary alicyclic amines) is 1. The number of hydrogen-bond acceptors (Lipinski definition) is 4. The van der Waals surface area contributed by atoms with Crippen molar-refractivity contribution in [2.45, 2.75) is 17.4 Å². The average Bonchev–Trinajstić information content (AvgIpc) is 2.76. The standard InChI is InChI=1S/C12H14BrFN2O3S/c1-20(18,19)10-5-7(13)4-9(11(10)14)12(17)16-3-2-8(15)6-16/h4-5,8H,2-3,6,15H2,1H3/t8-/m0/s1. The zero-order chi connectivity index (χ0) is 15.1. The molecule has 0 aromatic heterocycles. The van der Waals surface area contributed by atoms with Crippen LogP contribution in [-0.2, 0) is 9.84 Å². The third kappa shape index (κ3) is 3.02. The van der Waals surface area contributed by atoms with Crippen molar-refractivity contribution in [1.82, 2.24) is 4.90 Å². The van der Waals surface area contributed by atoms with Gasteiger partial charge in [0, 0.05) is 29.9 Å². The van der Waals surface area contributed by atoms with E-state index in [-0.39, 0.29) is 11.6 Å². The summed E-state index contributed by atoms with van der Waals surface area (Å²) in [5, 5.41) is 0. The lowest BCUT2D eigenvalue weighted by molar-refractivity contribution is 0.0785. The Balaban J connectivity index is 2.47. The van der Waals surface area contributed by atoms with Crippen molar-refractivity contribution in [2.24, 2.45) is 5.73 Å². The van der Waals surface area contributed by atoms with E-state index >= 15 is 0 Å². The molecule has 1 atom stereocenters. The summed E-state index contributed by atoms with van der Waals surface area (Å²) in [6.07, 6.45) is 1.55. The monoisotopic (exact) mass is 364 g/mol. The van der Waals surface area contributed by atoms with Crippen LogP contribution in [0.5, 0.6) is 0 Å². The summed E-state index contributed by atoms with van der Waals surface area (Å²) in [5.41, 5.74) is 5.46. The van der Waals surface area contributed by atoms with Gasteiger partial charge in [0.05, 0.1) is 5.56 Å². The van der Waals surface area contributed by atoms with Crippen LogP contribution in [0.1, 0.15) is 16.8 Å². The maximum atomic E-state index is 14.3. The Bertz CT molecular complexity index is 663. The van der Waals surface area contributed by atoms with Crippen LogP contribution in [0.3, 0.4) is 0 Å². The summed E-state index contributed by atoms with van der Waals surface area (Å²) in [7, 11) is -3.75. The normalized spacial score (nSPS) is 19.4. The van der Waals surface area contributed by atoms with E-state index in [1.165, 1.54) is 11.0 Å². The molecular weight excluding hydrogens is 351 g/mol. The fraction of sp³-hybridized carbons (Fsp3) is 0.417. The predicted molar refractivity (Wildman–Crippen MR) is 75.7 cm³/mol. The fourth-order valence-corrected chi connectivity index (χ4v) is 3.52. The van der Waals surface area contributed by atoms with Crippen molar-refractivity contribution in [2.75, 3.05) is 19.3 Å². The molecule has 8 heteroatoms. The first-order valence-corrected chi connectivity index (χ1v) is 8.62. The van der Waals surface area contributed by atoms with Gasteiger partial charge in [-0.1, -0.05) is 15.9 Å². The Morgan fingerprint density at radius 1 is 1.50 bits per heavy atom. The number of nitrogens with two attached hydrogens (primary N) is 1. The second kappa shape index (κ2) is 5.42. The van der Waals surface area contributed by atoms with Gasteiger partial charge in [-0.25, -0.2) is 12.8 Å². The summed E-state index contributed by atoms with van der Waals surface area (Å²) >= 11 is 3.10. The highest BCUT2D eigenvalue weighted by molar-refractivity contribution is 9.10. The molecule has 0 unspecified atom stereocenters. The molecule has 2 N–H and O–H groups in total. The fourth-order valence-electron chi connectivity index (χ4n) is 2.13. The van der Waals surface area contributed by atoms with Crippen molar-refractivity contribution in [3.63, 3.8) is 0 Å². The molecule has 0 radical (unpaired) electrons. The smallest absolute Gasteiger partial charge is 0.256 e. The van der Waals surface area contributed by atoms with Crippen molar-refractivity contribution in [1.29, 1.82) is 0 Å². The van der Waals surface area contributed by atoms with E-state index in [0.29, 0.717) is 24.0 Å². The molecule has 0 spiro atoms. The van der Waals surface area contributed by atoms with Gasteiger partial charge in [-0.05, 0) is 18.6 Å². The Labute approximate surface area is 125 Å². The molecule has 0 bridgehead atoms. The number of amides is 1. The second-order valence-corrected chi connectivity index (χ2v) is 7.74. The van der Waals surface area contributed by atoms with Gasteiger partial charge in [-0.2, -0.15) is 0 Å². The predicted octanol–water partition coefficient (Wildman–Crippen LogP) is 1.16. The SMILES string of the molecule is CS(=O)(=O)c1cc(Br)cc(C(=O)N2CC[C@H](N)C2)c1F. The first kappa shape index (κ1) is 15.4. The number of sulfone groups is 1. The highest BCUT2D eigenvalue weighted by Crippen LogP contribution is 2.26. The Morgan fingerprint density at radius 3 is 2.65 bits per heavy atom. The van der Waals surface area contributed by atoms with Gasteiger partial charge in [0.25, 0.3) is 5.91 Å². The first-order chi connectivity index (χ1) is 9.20. The molecule has 1 heterocycles. The zero-order valence-electron chi connectivity index (χ0n) is 10.8. The minimum atomic E-state index is -3.75. The van der Waals surface area contributed by atoms with E-state index < -0.39 is 26.5 Å². The van der Waals surface area contributed by atoms with E-state index in [0.717, 1.165) is 12.3 Å². The van der Waals surface area contributed by atoms with Crippen LogP contribution in [0.25, 0.3) is 0 Å². The number of carbonyl (C=O) groups excluding carboxylic acids is 1. The van der Waals surface area contributed by atoms with Gasteiger partial charge in [0.2, 0.25) is 0 Å². The molecule has 1 aliphatic rings. The number of halogens is 2. The van der Waals surface area contributed by atoms with Gasteiger partial charge in [-0.3, -0.25) is 4.79 Å². The molecule has 5 nitrogen and oxygen atoms in total. The summed E-state index contributed by atoms with van der Waals surface area (Å²) in [6, 6.07) is 2.32. The maximum absolute atomic E-state index is 14.3. The number of rotatable bonds is 2. The van der Waals surface area contributed by atoms with E-state index in [1.54, 1.807) is 0 Å². The van der Waals surface area contributed by atoms with Gasteiger partial charge in [0.15, 0.2) is 15.7 Å². The lowest BCUT2D eigenvalue weighted by Gasteiger charge is -2.17. The molecule has 1 saturated heterocycles. The maximum Gasteiger partial charge on any atom is 0.256 e. The number of benzene rings is 1. The number of nitrogens with zero attached hydrogens (tertiary/aromatic N) is 1. The van der Waals surface area contributed by atoms with Gasteiger partial charge in [0.1, 0.15) is 4.90 Å². The van der Waals surface area contributed by atoms with E-state index in [9.17, 15) is 17.6 Å². The van der Waals surface area contributed by atoms with Gasteiger partial charge >= 0.3 is 0 Å². The van der Waals surface area contributed by atoms with Crippen LogP contribution in [0.2, 0.25) is 0 Å². The number of hydrogen-bond donors (Lipinski definition) is 1. The second-order valence-electron chi connectivity index (χ2n) is 4.84. The van der Waals surface area contributed by atoms with Crippen molar-refractivity contribution >= 4 is 31.7 Å². The summed E-state index contributed by atoms with van der Waals surface area (Å²) in [6.45, 7) is 0.791. The molecule has 1 amide bonds. The highest BCUT2D eigenvalue weighted by atomic mass is 79.9. The molecule has 0 saturated carbocycles. The molecule has 1 aromatic rings. The van der Waals surface area contributed by atoms with Crippen LogP contribution in [-0.4, -0.2) is 44.6 Å². The molecule has 1 aliphatic heterocycles. The Morgan fingerprint density at radius 2 is 2.15 bits per heavy atom. The molecule has 2 rings (SSSR count). The quantitative estimate of drug-likeness (QED) is 0.853. The minimum absolute atomic E-state index is 0.122. The number of carbonyl (C=O) groups is 1. The van der Waals surface area contributed by atoms with E-state index in [2.05, 4.69) is 15.9 Å². The van der Waals surface area contributed by atoms with Crippen molar-refractivity contribution in [3.05, 3.63) is 28.0 Å². The van der Waals surface area contributed by atoms with Crippen LogP contribution in [0, 0.1) is 5.82 Å². The average molecular weight is 365 g/mol. The summed E-state index contributed by atoms with van der Waals surface area (Å²) < 4.78 is 37.7. The molecule has 0 aliphatic carbocycles. The third-order valence-corrected chi connectivity index (χ3v) is 4.70. The van der Waals surface area contributed by atoms with E-state index in [4.69, 9.17) is 5.73 Å². The Hall–Kier alpha value is -0.990. The minimum Gasteiger partial charge on any atom is -0.337 e. The van der Waals surface area contributed by atoms with Gasteiger partial charge < -0.3 is 10.6 Å². The van der Waals surface area contributed by atoms with Crippen LogP contribution in [0.15, 0.2) is 21.5 Å². The molecular formula is C12H14BrFN2O3S. The molecule has 1 aromatic carbocycles. The highest BCUT2D eigenvalue weighted by Gasteiger charge is 2.29. The summed E-state index contributed by atoms with van der Waals surface area (Å²) in [4.78, 5) is 13.2. The van der Waals surface area contributed by atoms with E-state index in [1.807, 2.05) is 0 Å². The topological polar surface area (TPSA) is 80.5 Å². The van der Waals surface area contributed by atoms with Crippen LogP contribution >= 0.6 is 15.9 Å². The van der Waals surface area contributed by atoms with Crippen molar-refractivity contribution < 1.29 is 17.6 Å². The molecule has 1 fully saturated rings. The first-order valence-electron chi connectivity index (χ1n) is 5.94.